The molecule has 2 heterocycles. The maximum absolute atomic E-state index is 4.06. The molecule has 0 aliphatic rings. The summed E-state index contributed by atoms with van der Waals surface area (Å²) in [6.07, 6.45) is 3.98. The second-order valence-corrected chi connectivity index (χ2v) is 7.73. The van der Waals surface area contributed by atoms with Gasteiger partial charge in [-0.25, -0.2) is 0 Å². The van der Waals surface area contributed by atoms with Gasteiger partial charge in [0.1, 0.15) is 0 Å². The first-order chi connectivity index (χ1) is 7.31. The normalized spacial score (nSPS) is 10.8. The lowest BCUT2D eigenvalue weighted by Gasteiger charge is -1.85. The zero-order valence-corrected chi connectivity index (χ0v) is 11.9. The van der Waals surface area contributed by atoms with E-state index in [4.69, 9.17) is 0 Å². The molecular formula is C6H6N4S5. The smallest absolute Gasteiger partial charge is 0.131 e. The Hall–Kier alpha value is 0.170. The van der Waals surface area contributed by atoms with E-state index in [1.807, 2.05) is 12.5 Å². The fourth-order valence-electron chi connectivity index (χ4n) is 0.716. The van der Waals surface area contributed by atoms with Crippen LogP contribution < -0.4 is 0 Å². The van der Waals surface area contributed by atoms with E-state index >= 15 is 0 Å². The van der Waals surface area contributed by atoms with Gasteiger partial charge in [0, 0.05) is 0 Å². The summed E-state index contributed by atoms with van der Waals surface area (Å²) in [5, 5.41) is 16.2. The summed E-state index contributed by atoms with van der Waals surface area (Å²) in [6.45, 7) is 0. The Morgan fingerprint density at radius 3 is 1.47 bits per heavy atom. The van der Waals surface area contributed by atoms with Crippen LogP contribution in [0, 0.1) is 0 Å². The molecule has 9 heteroatoms. The van der Waals surface area contributed by atoms with E-state index in [9.17, 15) is 0 Å². The molecule has 0 saturated heterocycles. The van der Waals surface area contributed by atoms with Crippen LogP contribution in [0.3, 0.4) is 0 Å². The van der Waals surface area contributed by atoms with Crippen LogP contribution in [-0.4, -0.2) is 32.9 Å². The molecule has 2 rings (SSSR count). The molecule has 0 saturated carbocycles. The number of aromatic nitrogens is 4. The summed E-state index contributed by atoms with van der Waals surface area (Å²) in [4.78, 5) is 0. The molecular weight excluding hydrogens is 288 g/mol. The first-order valence-electron chi connectivity index (χ1n) is 3.74. The van der Waals surface area contributed by atoms with Crippen LogP contribution in [0.2, 0.25) is 0 Å². The highest BCUT2D eigenvalue weighted by atomic mass is 32.2. The molecule has 15 heavy (non-hydrogen) atoms. The zero-order valence-electron chi connectivity index (χ0n) is 7.83. The average molecular weight is 294 g/mol. The molecule has 0 unspecified atom stereocenters. The molecule has 0 fully saturated rings. The first kappa shape index (κ1) is 11.6. The molecule has 2 aromatic rings. The summed E-state index contributed by atoms with van der Waals surface area (Å²) in [6, 6.07) is 0. The molecule has 0 aliphatic heterocycles. The van der Waals surface area contributed by atoms with Crippen molar-refractivity contribution in [3.05, 3.63) is 0 Å². The van der Waals surface area contributed by atoms with E-state index in [1.165, 1.54) is 11.8 Å². The van der Waals surface area contributed by atoms with Gasteiger partial charge < -0.3 is 0 Å². The molecule has 0 spiro atoms. The van der Waals surface area contributed by atoms with Crippen LogP contribution >= 0.6 is 58.0 Å². The largest absolute Gasteiger partial charge is 0.182 e. The summed E-state index contributed by atoms with van der Waals surface area (Å²) in [5.41, 5.74) is 0. The van der Waals surface area contributed by atoms with Crippen molar-refractivity contribution in [3.63, 3.8) is 0 Å². The van der Waals surface area contributed by atoms with Crippen molar-refractivity contribution < 1.29 is 0 Å². The molecule has 0 N–H and O–H groups in total. The van der Waals surface area contributed by atoms with E-state index in [-0.39, 0.29) is 0 Å². The predicted octanol–water partition coefficient (Wildman–Crippen LogP) is 2.98. The summed E-state index contributed by atoms with van der Waals surface area (Å²) >= 11 is 7.89. The SMILES string of the molecule is CSc1nnc(Sc2nnc(SC)s2)s1. The lowest BCUT2D eigenvalue weighted by molar-refractivity contribution is 0.941. The molecule has 0 amide bonds. The van der Waals surface area contributed by atoms with Crippen molar-refractivity contribution in [2.45, 2.75) is 17.4 Å². The third-order valence-corrected chi connectivity index (χ3v) is 6.20. The number of hydrogen-bond donors (Lipinski definition) is 0. The molecule has 0 bridgehead atoms. The van der Waals surface area contributed by atoms with Crippen LogP contribution in [0.4, 0.5) is 0 Å². The van der Waals surface area contributed by atoms with Crippen molar-refractivity contribution in [1.29, 1.82) is 0 Å². The third kappa shape index (κ3) is 3.06. The van der Waals surface area contributed by atoms with Crippen LogP contribution in [0.15, 0.2) is 17.4 Å². The van der Waals surface area contributed by atoms with Crippen molar-refractivity contribution in [2.75, 3.05) is 12.5 Å². The van der Waals surface area contributed by atoms with Gasteiger partial charge in [0.25, 0.3) is 0 Å². The highest BCUT2D eigenvalue weighted by molar-refractivity contribution is 8.04. The Morgan fingerprint density at radius 1 is 0.733 bits per heavy atom. The Kier molecular flexibility index (Phi) is 4.26. The molecule has 4 nitrogen and oxygen atoms in total. The van der Waals surface area contributed by atoms with Gasteiger partial charge in [0.05, 0.1) is 0 Å². The summed E-state index contributed by atoms with van der Waals surface area (Å²) < 4.78 is 3.80. The van der Waals surface area contributed by atoms with E-state index in [0.717, 1.165) is 17.4 Å². The van der Waals surface area contributed by atoms with E-state index < -0.39 is 0 Å². The number of hydrogen-bond acceptors (Lipinski definition) is 9. The standard InChI is InChI=1S/C6H6N4S5/c1-11-3-7-9-5(13-3)15-6-10-8-4(12-2)14-6/h1-2H3. The van der Waals surface area contributed by atoms with Gasteiger partial charge in [-0.15, -0.1) is 20.4 Å². The highest BCUT2D eigenvalue weighted by Gasteiger charge is 2.09. The molecule has 0 atom stereocenters. The minimum Gasteiger partial charge on any atom is -0.131 e. The first-order valence-corrected chi connectivity index (χ1v) is 8.64. The highest BCUT2D eigenvalue weighted by Crippen LogP contribution is 2.35. The Morgan fingerprint density at radius 2 is 1.13 bits per heavy atom. The van der Waals surface area contributed by atoms with Crippen molar-refractivity contribution in [2.24, 2.45) is 0 Å². The van der Waals surface area contributed by atoms with Gasteiger partial charge in [-0.3, -0.25) is 0 Å². The van der Waals surface area contributed by atoms with Crippen LogP contribution in [0.1, 0.15) is 0 Å². The maximum Gasteiger partial charge on any atom is 0.182 e. The van der Waals surface area contributed by atoms with Crippen molar-refractivity contribution in [1.82, 2.24) is 20.4 Å². The van der Waals surface area contributed by atoms with Crippen molar-refractivity contribution >= 4 is 58.0 Å². The quantitative estimate of drug-likeness (QED) is 0.803. The molecule has 80 valence electrons. The lowest BCUT2D eigenvalue weighted by atomic mass is 11.5. The van der Waals surface area contributed by atoms with Crippen molar-refractivity contribution in [3.8, 4) is 0 Å². The average Bonchev–Trinajstić information content (AvgIpc) is 2.87. The van der Waals surface area contributed by atoms with Gasteiger partial charge >= 0.3 is 0 Å². The number of rotatable bonds is 4. The fraction of sp³-hybridized carbons (Fsp3) is 0.333. The fourth-order valence-corrected chi connectivity index (χ4v) is 4.80. The minimum atomic E-state index is 0.920. The van der Waals surface area contributed by atoms with Gasteiger partial charge in [-0.05, 0) is 24.3 Å². The third-order valence-electron chi connectivity index (χ3n) is 1.30. The molecule has 2 aromatic heterocycles. The number of thioether (sulfide) groups is 2. The monoisotopic (exact) mass is 294 g/mol. The molecule has 0 radical (unpaired) electrons. The molecule has 0 aromatic carbocycles. The van der Waals surface area contributed by atoms with Gasteiger partial charge in [0.15, 0.2) is 17.4 Å². The predicted molar refractivity (Wildman–Crippen MR) is 67.5 cm³/mol. The summed E-state index contributed by atoms with van der Waals surface area (Å²) in [5.74, 6) is 0. The number of nitrogens with zero attached hydrogens (tertiary/aromatic N) is 4. The minimum absolute atomic E-state index is 0.920. The van der Waals surface area contributed by atoms with Crippen LogP contribution in [-0.2, 0) is 0 Å². The maximum atomic E-state index is 4.06. The van der Waals surface area contributed by atoms with Crippen LogP contribution in [0.25, 0.3) is 0 Å². The Bertz CT molecular complexity index is 398. The van der Waals surface area contributed by atoms with Crippen LogP contribution in [0.5, 0.6) is 0 Å². The van der Waals surface area contributed by atoms with E-state index in [1.54, 1.807) is 46.2 Å². The van der Waals surface area contributed by atoms with Gasteiger partial charge in [0.2, 0.25) is 0 Å². The molecule has 0 aliphatic carbocycles. The van der Waals surface area contributed by atoms with E-state index in [0.29, 0.717) is 0 Å². The second-order valence-electron chi connectivity index (χ2n) is 2.18. The lowest BCUT2D eigenvalue weighted by Crippen LogP contribution is -1.72. The Balaban J connectivity index is 2.07. The second kappa shape index (κ2) is 5.48. The van der Waals surface area contributed by atoms with E-state index in [2.05, 4.69) is 20.4 Å². The summed E-state index contributed by atoms with van der Waals surface area (Å²) in [7, 11) is 0. The van der Waals surface area contributed by atoms with Gasteiger partial charge in [-0.2, -0.15) is 0 Å². The van der Waals surface area contributed by atoms with Gasteiger partial charge in [-0.1, -0.05) is 46.2 Å². The zero-order chi connectivity index (χ0) is 10.7. The Labute approximate surface area is 108 Å². The topological polar surface area (TPSA) is 51.6 Å².